The van der Waals surface area contributed by atoms with E-state index in [-0.39, 0.29) is 5.91 Å². The Balaban J connectivity index is 1.88. The predicted octanol–water partition coefficient (Wildman–Crippen LogP) is 2.12. The molecule has 1 saturated heterocycles. The second-order valence-corrected chi connectivity index (χ2v) is 6.40. The highest BCUT2D eigenvalue weighted by molar-refractivity contribution is 5.76. The molecule has 1 aromatic carbocycles. The standard InChI is InChI=1S/C18H29N3O/c1-14-5-6-17(15(2)13-14)16(3)20(4)10-7-18(22)21-11-8-19-9-12-21/h5-6,13,16,19H,7-12H2,1-4H3. The molecule has 0 aliphatic carbocycles. The summed E-state index contributed by atoms with van der Waals surface area (Å²) in [4.78, 5) is 16.5. The highest BCUT2D eigenvalue weighted by Crippen LogP contribution is 2.23. The SMILES string of the molecule is Cc1ccc(C(C)N(C)CCC(=O)N2CCNCC2)c(C)c1. The first-order valence-corrected chi connectivity index (χ1v) is 8.25. The van der Waals surface area contributed by atoms with Gasteiger partial charge >= 0.3 is 0 Å². The van der Waals surface area contributed by atoms with Gasteiger partial charge in [-0.05, 0) is 38.9 Å². The second kappa shape index (κ2) is 7.75. The first-order chi connectivity index (χ1) is 10.5. The van der Waals surface area contributed by atoms with E-state index < -0.39 is 0 Å². The minimum Gasteiger partial charge on any atom is -0.340 e. The number of carbonyl (C=O) groups excluding carboxylic acids is 1. The summed E-state index contributed by atoms with van der Waals surface area (Å²) in [5.41, 5.74) is 3.97. The van der Waals surface area contributed by atoms with Crippen LogP contribution in [0.25, 0.3) is 0 Å². The fraction of sp³-hybridized carbons (Fsp3) is 0.611. The first kappa shape index (κ1) is 17.0. The number of carbonyl (C=O) groups is 1. The Bertz CT molecular complexity index is 509. The Morgan fingerprint density at radius 2 is 2.00 bits per heavy atom. The molecule has 0 aromatic heterocycles. The quantitative estimate of drug-likeness (QED) is 0.905. The number of amides is 1. The summed E-state index contributed by atoms with van der Waals surface area (Å²) < 4.78 is 0. The molecule has 122 valence electrons. The number of piperazine rings is 1. The van der Waals surface area contributed by atoms with Crippen LogP contribution in [0, 0.1) is 13.8 Å². The van der Waals surface area contributed by atoms with Crippen molar-refractivity contribution in [2.24, 2.45) is 0 Å². The van der Waals surface area contributed by atoms with E-state index in [1.165, 1.54) is 16.7 Å². The van der Waals surface area contributed by atoms with Gasteiger partial charge in [-0.15, -0.1) is 0 Å². The maximum atomic E-state index is 12.2. The van der Waals surface area contributed by atoms with Crippen molar-refractivity contribution < 1.29 is 4.79 Å². The number of nitrogens with zero attached hydrogens (tertiary/aromatic N) is 2. The highest BCUT2D eigenvalue weighted by Gasteiger charge is 2.19. The molecule has 1 aliphatic rings. The van der Waals surface area contributed by atoms with Gasteiger partial charge in [-0.3, -0.25) is 9.69 Å². The van der Waals surface area contributed by atoms with Gasteiger partial charge in [-0.25, -0.2) is 0 Å². The lowest BCUT2D eigenvalue weighted by molar-refractivity contribution is -0.132. The maximum Gasteiger partial charge on any atom is 0.223 e. The molecule has 0 radical (unpaired) electrons. The fourth-order valence-corrected chi connectivity index (χ4v) is 3.07. The van der Waals surface area contributed by atoms with E-state index in [0.29, 0.717) is 12.5 Å². The van der Waals surface area contributed by atoms with Gasteiger partial charge in [0.2, 0.25) is 5.91 Å². The van der Waals surface area contributed by atoms with Crippen molar-refractivity contribution in [2.75, 3.05) is 39.8 Å². The van der Waals surface area contributed by atoms with Crippen molar-refractivity contribution in [2.45, 2.75) is 33.2 Å². The fourth-order valence-electron chi connectivity index (χ4n) is 3.07. The zero-order chi connectivity index (χ0) is 16.1. The molecule has 22 heavy (non-hydrogen) atoms. The molecule has 1 unspecified atom stereocenters. The highest BCUT2D eigenvalue weighted by atomic mass is 16.2. The van der Waals surface area contributed by atoms with Crippen molar-refractivity contribution in [3.8, 4) is 0 Å². The molecular formula is C18H29N3O. The van der Waals surface area contributed by atoms with Crippen molar-refractivity contribution in [1.29, 1.82) is 0 Å². The van der Waals surface area contributed by atoms with E-state index in [2.05, 4.69) is 56.2 Å². The van der Waals surface area contributed by atoms with Crippen LogP contribution in [-0.2, 0) is 4.79 Å². The van der Waals surface area contributed by atoms with Crippen LogP contribution in [0.2, 0.25) is 0 Å². The lowest BCUT2D eigenvalue weighted by atomic mass is 9.99. The number of aryl methyl sites for hydroxylation is 2. The molecule has 1 heterocycles. The molecule has 1 N–H and O–H groups in total. The summed E-state index contributed by atoms with van der Waals surface area (Å²) in [7, 11) is 2.11. The van der Waals surface area contributed by atoms with Crippen molar-refractivity contribution in [3.05, 3.63) is 34.9 Å². The number of hydrogen-bond donors (Lipinski definition) is 1. The number of nitrogens with one attached hydrogen (secondary N) is 1. The monoisotopic (exact) mass is 303 g/mol. The number of hydrogen-bond acceptors (Lipinski definition) is 3. The summed E-state index contributed by atoms with van der Waals surface area (Å²) in [5, 5.41) is 3.28. The van der Waals surface area contributed by atoms with Crippen LogP contribution in [0.4, 0.5) is 0 Å². The smallest absolute Gasteiger partial charge is 0.223 e. The summed E-state index contributed by atoms with van der Waals surface area (Å²) in [6, 6.07) is 6.94. The Morgan fingerprint density at radius 3 is 2.64 bits per heavy atom. The number of rotatable bonds is 5. The van der Waals surface area contributed by atoms with Crippen LogP contribution in [0.3, 0.4) is 0 Å². The van der Waals surface area contributed by atoms with Crippen molar-refractivity contribution >= 4 is 5.91 Å². The van der Waals surface area contributed by atoms with Crippen molar-refractivity contribution in [1.82, 2.24) is 15.1 Å². The molecule has 1 fully saturated rings. The average molecular weight is 303 g/mol. The van der Waals surface area contributed by atoms with Crippen LogP contribution in [-0.4, -0.2) is 55.5 Å². The molecule has 0 spiro atoms. The maximum absolute atomic E-state index is 12.2. The van der Waals surface area contributed by atoms with Crippen LogP contribution >= 0.6 is 0 Å². The van der Waals surface area contributed by atoms with E-state index in [0.717, 1.165) is 32.7 Å². The van der Waals surface area contributed by atoms with E-state index in [1.807, 2.05) is 4.90 Å². The molecule has 1 atom stereocenters. The van der Waals surface area contributed by atoms with Crippen LogP contribution in [0.5, 0.6) is 0 Å². The third-order valence-electron chi connectivity index (χ3n) is 4.68. The zero-order valence-corrected chi connectivity index (χ0v) is 14.4. The molecule has 1 aliphatic heterocycles. The lowest BCUT2D eigenvalue weighted by Crippen LogP contribution is -2.47. The van der Waals surface area contributed by atoms with Gasteiger partial charge in [0.25, 0.3) is 0 Å². The number of benzene rings is 1. The van der Waals surface area contributed by atoms with Crippen molar-refractivity contribution in [3.63, 3.8) is 0 Å². The van der Waals surface area contributed by atoms with E-state index in [4.69, 9.17) is 0 Å². The minimum absolute atomic E-state index is 0.279. The topological polar surface area (TPSA) is 35.6 Å². The van der Waals surface area contributed by atoms with Gasteiger partial charge in [0.05, 0.1) is 0 Å². The molecule has 1 aromatic rings. The molecule has 4 nitrogen and oxygen atoms in total. The Hall–Kier alpha value is -1.39. The third kappa shape index (κ3) is 4.31. The predicted molar refractivity (Wildman–Crippen MR) is 91.0 cm³/mol. The first-order valence-electron chi connectivity index (χ1n) is 8.25. The van der Waals surface area contributed by atoms with Gasteiger partial charge in [0, 0.05) is 45.2 Å². The van der Waals surface area contributed by atoms with Gasteiger partial charge in [-0.1, -0.05) is 23.8 Å². The zero-order valence-electron chi connectivity index (χ0n) is 14.4. The largest absolute Gasteiger partial charge is 0.340 e. The van der Waals surface area contributed by atoms with Gasteiger partial charge in [-0.2, -0.15) is 0 Å². The molecule has 2 rings (SSSR count). The second-order valence-electron chi connectivity index (χ2n) is 6.40. The van der Waals surface area contributed by atoms with Gasteiger partial charge in [0.15, 0.2) is 0 Å². The Kier molecular flexibility index (Phi) is 5.98. The van der Waals surface area contributed by atoms with Gasteiger partial charge < -0.3 is 10.2 Å². The normalized spacial score (nSPS) is 16.9. The lowest BCUT2D eigenvalue weighted by Gasteiger charge is -2.30. The van der Waals surface area contributed by atoms with Crippen LogP contribution in [0.15, 0.2) is 18.2 Å². The van der Waals surface area contributed by atoms with Crippen LogP contribution in [0.1, 0.15) is 36.1 Å². The van der Waals surface area contributed by atoms with Crippen LogP contribution < -0.4 is 5.32 Å². The molecular weight excluding hydrogens is 274 g/mol. The molecule has 1 amide bonds. The molecule has 4 heteroatoms. The average Bonchev–Trinajstić information content (AvgIpc) is 2.52. The summed E-state index contributed by atoms with van der Waals surface area (Å²) >= 11 is 0. The minimum atomic E-state index is 0.279. The third-order valence-corrected chi connectivity index (χ3v) is 4.68. The van der Waals surface area contributed by atoms with E-state index in [9.17, 15) is 4.79 Å². The molecule has 0 bridgehead atoms. The van der Waals surface area contributed by atoms with Gasteiger partial charge in [0.1, 0.15) is 0 Å². The Morgan fingerprint density at radius 1 is 1.32 bits per heavy atom. The summed E-state index contributed by atoms with van der Waals surface area (Å²) in [6.07, 6.45) is 0.603. The Labute approximate surface area is 134 Å². The van der Waals surface area contributed by atoms with E-state index >= 15 is 0 Å². The summed E-state index contributed by atoms with van der Waals surface area (Å²) in [6.45, 7) is 10.8. The summed E-state index contributed by atoms with van der Waals surface area (Å²) in [5.74, 6) is 0.279. The van der Waals surface area contributed by atoms with E-state index in [1.54, 1.807) is 0 Å². The molecule has 0 saturated carbocycles.